The molecule has 18 heavy (non-hydrogen) atoms. The fourth-order valence-electron chi connectivity index (χ4n) is 2.59. The molecule has 98 valence electrons. The summed E-state index contributed by atoms with van der Waals surface area (Å²) in [5, 5.41) is 10.7. The zero-order valence-electron chi connectivity index (χ0n) is 10.8. The lowest BCUT2D eigenvalue weighted by Crippen LogP contribution is -2.45. The van der Waals surface area contributed by atoms with Crippen LogP contribution in [0.15, 0.2) is 6.07 Å². The Balaban J connectivity index is 1.65. The van der Waals surface area contributed by atoms with Crippen molar-refractivity contribution in [2.75, 3.05) is 13.1 Å². The molecule has 2 N–H and O–H groups in total. The summed E-state index contributed by atoms with van der Waals surface area (Å²) in [4.78, 5) is 12.1. The molecule has 1 aromatic rings. The van der Waals surface area contributed by atoms with Crippen LogP contribution in [-0.4, -0.2) is 34.8 Å². The fourth-order valence-corrected chi connectivity index (χ4v) is 2.59. The van der Waals surface area contributed by atoms with Gasteiger partial charge in [0.15, 0.2) is 0 Å². The number of nitrogens with zero attached hydrogens (tertiary/aromatic N) is 2. The summed E-state index contributed by atoms with van der Waals surface area (Å²) in [6.45, 7) is 1.93. The van der Waals surface area contributed by atoms with Gasteiger partial charge in [0.25, 0.3) is 5.91 Å². The Hall–Kier alpha value is -1.36. The molecule has 1 aromatic heterocycles. The predicted molar refractivity (Wildman–Crippen MR) is 68.5 cm³/mol. The largest absolute Gasteiger partial charge is 0.347 e. The summed E-state index contributed by atoms with van der Waals surface area (Å²) in [5.74, 6) is 0.589. The number of aryl methyl sites for hydroxylation is 1. The number of carbonyl (C=O) groups excluding carboxylic acids is 1. The van der Waals surface area contributed by atoms with E-state index in [0.29, 0.717) is 11.6 Å². The van der Waals surface area contributed by atoms with Crippen LogP contribution in [0.3, 0.4) is 0 Å². The van der Waals surface area contributed by atoms with Gasteiger partial charge < -0.3 is 10.6 Å². The van der Waals surface area contributed by atoms with E-state index in [-0.39, 0.29) is 11.9 Å². The molecule has 5 nitrogen and oxygen atoms in total. The Labute approximate surface area is 107 Å². The maximum atomic E-state index is 12.1. The van der Waals surface area contributed by atoms with Crippen molar-refractivity contribution in [3.63, 3.8) is 0 Å². The van der Waals surface area contributed by atoms with Crippen molar-refractivity contribution < 1.29 is 4.79 Å². The third-order valence-corrected chi connectivity index (χ3v) is 3.78. The zero-order chi connectivity index (χ0) is 12.5. The number of piperidine rings is 1. The van der Waals surface area contributed by atoms with Crippen molar-refractivity contribution in [2.45, 2.75) is 37.6 Å². The van der Waals surface area contributed by atoms with Crippen LogP contribution >= 0.6 is 0 Å². The van der Waals surface area contributed by atoms with Crippen LogP contribution in [0.25, 0.3) is 0 Å². The molecule has 3 rings (SSSR count). The van der Waals surface area contributed by atoms with E-state index >= 15 is 0 Å². The molecule has 1 atom stereocenters. The van der Waals surface area contributed by atoms with Gasteiger partial charge in [-0.1, -0.05) is 0 Å². The van der Waals surface area contributed by atoms with Crippen LogP contribution in [0.5, 0.6) is 0 Å². The molecule has 0 radical (unpaired) electrons. The van der Waals surface area contributed by atoms with E-state index in [9.17, 15) is 4.79 Å². The first-order valence-electron chi connectivity index (χ1n) is 6.79. The number of hydrogen-bond donors (Lipinski definition) is 2. The maximum Gasteiger partial charge on any atom is 0.272 e. The second-order valence-corrected chi connectivity index (χ2v) is 5.37. The number of carbonyl (C=O) groups is 1. The summed E-state index contributed by atoms with van der Waals surface area (Å²) in [6.07, 6.45) is 4.64. The molecule has 1 saturated carbocycles. The Kier molecular flexibility index (Phi) is 3.07. The molecule has 5 heteroatoms. The van der Waals surface area contributed by atoms with Crippen LogP contribution in [0, 0.1) is 0 Å². The predicted octanol–water partition coefficient (Wildman–Crippen LogP) is 0.779. The molecule has 2 aliphatic rings. The summed E-state index contributed by atoms with van der Waals surface area (Å²) in [6, 6.07) is 2.20. The quantitative estimate of drug-likeness (QED) is 0.831. The summed E-state index contributed by atoms with van der Waals surface area (Å²) in [5.41, 5.74) is 1.76. The Morgan fingerprint density at radius 3 is 3.00 bits per heavy atom. The molecule has 1 aliphatic carbocycles. The van der Waals surface area contributed by atoms with Crippen LogP contribution in [0.2, 0.25) is 0 Å². The number of aromatic nitrogens is 2. The van der Waals surface area contributed by atoms with Gasteiger partial charge >= 0.3 is 0 Å². The highest BCUT2D eigenvalue weighted by Gasteiger charge is 2.28. The SMILES string of the molecule is Cn1nc(C(=O)N[C@H]2CCCNC2)cc1C1CC1. The zero-order valence-corrected chi connectivity index (χ0v) is 10.8. The minimum absolute atomic E-state index is 0.0359. The molecule has 0 unspecified atom stereocenters. The van der Waals surface area contributed by atoms with Gasteiger partial charge in [0.1, 0.15) is 5.69 Å². The maximum absolute atomic E-state index is 12.1. The third kappa shape index (κ3) is 2.41. The van der Waals surface area contributed by atoms with Crippen LogP contribution in [-0.2, 0) is 7.05 Å². The second kappa shape index (κ2) is 4.72. The van der Waals surface area contributed by atoms with Gasteiger partial charge in [-0.2, -0.15) is 5.10 Å². The van der Waals surface area contributed by atoms with Gasteiger partial charge in [-0.25, -0.2) is 0 Å². The molecular weight excluding hydrogens is 228 g/mol. The highest BCUT2D eigenvalue weighted by atomic mass is 16.2. The number of rotatable bonds is 3. The molecule has 0 spiro atoms. The van der Waals surface area contributed by atoms with Crippen LogP contribution in [0.4, 0.5) is 0 Å². The van der Waals surface area contributed by atoms with E-state index in [2.05, 4.69) is 15.7 Å². The third-order valence-electron chi connectivity index (χ3n) is 3.78. The van der Waals surface area contributed by atoms with E-state index in [0.717, 1.165) is 25.9 Å². The number of amides is 1. The van der Waals surface area contributed by atoms with E-state index in [1.54, 1.807) is 0 Å². The smallest absolute Gasteiger partial charge is 0.272 e. The van der Waals surface area contributed by atoms with Gasteiger partial charge in [0.05, 0.1) is 0 Å². The average Bonchev–Trinajstić information content (AvgIpc) is 3.14. The first-order valence-corrected chi connectivity index (χ1v) is 6.79. The highest BCUT2D eigenvalue weighted by molar-refractivity contribution is 5.92. The van der Waals surface area contributed by atoms with Gasteiger partial charge in [-0.3, -0.25) is 9.48 Å². The summed E-state index contributed by atoms with van der Waals surface area (Å²) in [7, 11) is 1.92. The van der Waals surface area contributed by atoms with Crippen molar-refractivity contribution >= 4 is 5.91 Å². The van der Waals surface area contributed by atoms with Crippen molar-refractivity contribution in [2.24, 2.45) is 7.05 Å². The Bertz CT molecular complexity index is 444. The van der Waals surface area contributed by atoms with Gasteiger partial charge in [-0.05, 0) is 38.3 Å². The summed E-state index contributed by atoms with van der Waals surface area (Å²) >= 11 is 0. The Morgan fingerprint density at radius 1 is 1.50 bits per heavy atom. The van der Waals surface area contributed by atoms with Gasteiger partial charge in [-0.15, -0.1) is 0 Å². The van der Waals surface area contributed by atoms with Crippen molar-refractivity contribution in [1.82, 2.24) is 20.4 Å². The van der Waals surface area contributed by atoms with E-state index in [4.69, 9.17) is 0 Å². The lowest BCUT2D eigenvalue weighted by molar-refractivity contribution is 0.0925. The topological polar surface area (TPSA) is 59.0 Å². The molecule has 2 heterocycles. The van der Waals surface area contributed by atoms with Crippen LogP contribution in [0.1, 0.15) is 47.8 Å². The molecule has 0 bridgehead atoms. The van der Waals surface area contributed by atoms with Crippen molar-refractivity contribution in [3.05, 3.63) is 17.5 Å². The van der Waals surface area contributed by atoms with Gasteiger partial charge in [0.2, 0.25) is 0 Å². The minimum Gasteiger partial charge on any atom is -0.347 e. The molecular formula is C13H20N4O. The fraction of sp³-hybridized carbons (Fsp3) is 0.692. The standard InChI is InChI=1S/C13H20N4O/c1-17-12(9-4-5-9)7-11(16-17)13(18)15-10-3-2-6-14-8-10/h7,9-10,14H,2-6,8H2,1H3,(H,15,18)/t10-/m0/s1. The molecule has 1 aliphatic heterocycles. The first-order chi connectivity index (χ1) is 8.74. The minimum atomic E-state index is -0.0359. The van der Waals surface area contributed by atoms with Crippen LogP contribution < -0.4 is 10.6 Å². The highest BCUT2D eigenvalue weighted by Crippen LogP contribution is 2.39. The molecule has 1 saturated heterocycles. The van der Waals surface area contributed by atoms with E-state index in [1.807, 2.05) is 17.8 Å². The van der Waals surface area contributed by atoms with Crippen molar-refractivity contribution in [1.29, 1.82) is 0 Å². The molecule has 0 aromatic carbocycles. The Morgan fingerprint density at radius 2 is 2.33 bits per heavy atom. The summed E-state index contributed by atoms with van der Waals surface area (Å²) < 4.78 is 1.85. The first kappa shape index (κ1) is 11.7. The number of nitrogens with one attached hydrogen (secondary N) is 2. The normalized spacial score (nSPS) is 23.9. The van der Waals surface area contributed by atoms with E-state index < -0.39 is 0 Å². The van der Waals surface area contributed by atoms with Crippen molar-refractivity contribution in [3.8, 4) is 0 Å². The lowest BCUT2D eigenvalue weighted by Gasteiger charge is -2.23. The molecule has 1 amide bonds. The average molecular weight is 248 g/mol. The molecule has 2 fully saturated rings. The van der Waals surface area contributed by atoms with E-state index in [1.165, 1.54) is 18.5 Å². The number of hydrogen-bond acceptors (Lipinski definition) is 3. The monoisotopic (exact) mass is 248 g/mol. The van der Waals surface area contributed by atoms with Gasteiger partial charge in [0, 0.05) is 31.2 Å². The second-order valence-electron chi connectivity index (χ2n) is 5.37. The lowest BCUT2D eigenvalue weighted by atomic mass is 10.1.